The Bertz CT molecular complexity index is 1410. The molecular weight excluding hydrogens is 460 g/mol. The summed E-state index contributed by atoms with van der Waals surface area (Å²) in [5, 5.41) is 26.4. The molecule has 3 N–H and O–H groups in total. The zero-order valence-corrected chi connectivity index (χ0v) is 19.7. The number of carbonyl (C=O) groups excluding carboxylic acids is 2. The van der Waals surface area contributed by atoms with E-state index in [-0.39, 0.29) is 17.7 Å². The quantitative estimate of drug-likeness (QED) is 0.328. The second-order valence-electron chi connectivity index (χ2n) is 9.26. The topological polar surface area (TPSA) is 114 Å². The lowest BCUT2D eigenvalue weighted by Gasteiger charge is -2.30. The van der Waals surface area contributed by atoms with Gasteiger partial charge in [-0.05, 0) is 30.7 Å². The molecule has 0 spiro atoms. The Balaban J connectivity index is 1.30. The molecular formula is C26H27N6O4+. The van der Waals surface area contributed by atoms with Gasteiger partial charge in [0.05, 0.1) is 24.1 Å². The molecule has 3 aromatic rings. The number of benzene rings is 2. The summed E-state index contributed by atoms with van der Waals surface area (Å²) in [6, 6.07) is 6.81. The number of nitrogens with one attached hydrogen (secondary N) is 1. The van der Waals surface area contributed by atoms with Gasteiger partial charge < -0.3 is 25.0 Å². The molecule has 2 aromatic carbocycles. The Labute approximate surface area is 207 Å². The maximum absolute atomic E-state index is 13.4. The van der Waals surface area contributed by atoms with E-state index in [0.717, 1.165) is 13.2 Å². The van der Waals surface area contributed by atoms with E-state index in [1.165, 1.54) is 4.90 Å². The maximum Gasteiger partial charge on any atom is 0.370 e. The van der Waals surface area contributed by atoms with Crippen LogP contribution in [0.4, 0.5) is 0 Å². The Hall–Kier alpha value is -4.18. The van der Waals surface area contributed by atoms with Gasteiger partial charge in [-0.3, -0.25) is 14.5 Å². The number of aliphatic hydroxyl groups is 2. The fourth-order valence-electron chi connectivity index (χ4n) is 5.34. The van der Waals surface area contributed by atoms with Crippen molar-refractivity contribution in [2.24, 2.45) is 0 Å². The van der Waals surface area contributed by atoms with Crippen LogP contribution in [0.2, 0.25) is 0 Å². The van der Waals surface area contributed by atoms with Crippen LogP contribution in [0.5, 0.6) is 0 Å². The van der Waals surface area contributed by atoms with E-state index in [9.17, 15) is 19.8 Å². The predicted octanol–water partition coefficient (Wildman–Crippen LogP) is 1.77. The summed E-state index contributed by atoms with van der Waals surface area (Å²) in [7, 11) is 0. The van der Waals surface area contributed by atoms with Crippen LogP contribution < -0.4 is 5.32 Å². The molecule has 0 radical (unpaired) electrons. The Kier molecular flexibility index (Phi) is 5.45. The number of amides is 2. The minimum atomic E-state index is -1.09. The van der Waals surface area contributed by atoms with Gasteiger partial charge >= 0.3 is 5.90 Å². The third-order valence-corrected chi connectivity index (χ3v) is 7.13. The molecule has 184 valence electrons. The van der Waals surface area contributed by atoms with Crippen LogP contribution in [0.1, 0.15) is 50.9 Å². The van der Waals surface area contributed by atoms with Crippen molar-refractivity contribution in [2.75, 3.05) is 26.3 Å². The highest BCUT2D eigenvalue weighted by Crippen LogP contribution is 2.39. The maximum atomic E-state index is 13.4. The summed E-state index contributed by atoms with van der Waals surface area (Å²) in [6.07, 6.45) is 9.37. The molecule has 3 aliphatic rings. The standard InChI is InChI=1S/C26H26N6O4/c33-23-17-3-5-19-22-20(26(36)32(25(19)35)12-2-10-30-14-8-28-16-30)6-4-18(21(17)22)24(34)31(23)11-1-9-29-13-7-27-15-29/h3-8,13-15,23,28,33H,1-2,9-12,16H2/p+1. The number of imide groups is 1. The van der Waals surface area contributed by atoms with Gasteiger partial charge in [0.15, 0.2) is 6.54 Å². The lowest BCUT2D eigenvalue weighted by Crippen LogP contribution is -2.42. The minimum absolute atomic E-state index is 0.0565. The summed E-state index contributed by atoms with van der Waals surface area (Å²) < 4.78 is 3.49. The van der Waals surface area contributed by atoms with E-state index in [0.29, 0.717) is 65.5 Å². The number of aryl methyl sites for hydroxylation is 1. The first-order valence-electron chi connectivity index (χ1n) is 12.1. The van der Waals surface area contributed by atoms with Gasteiger partial charge in [0.1, 0.15) is 0 Å². The molecule has 2 amide bonds. The zero-order chi connectivity index (χ0) is 24.8. The van der Waals surface area contributed by atoms with Crippen molar-refractivity contribution in [1.82, 2.24) is 24.7 Å². The van der Waals surface area contributed by atoms with Gasteiger partial charge in [0, 0.05) is 72.7 Å². The molecule has 0 saturated heterocycles. The van der Waals surface area contributed by atoms with Crippen molar-refractivity contribution in [1.29, 1.82) is 0 Å². The van der Waals surface area contributed by atoms with Gasteiger partial charge in [0.25, 0.3) is 18.0 Å². The highest BCUT2D eigenvalue weighted by atomic mass is 16.3. The first kappa shape index (κ1) is 22.3. The highest BCUT2D eigenvalue weighted by Gasteiger charge is 2.40. The van der Waals surface area contributed by atoms with E-state index in [4.69, 9.17) is 0 Å². The molecule has 6 rings (SSSR count). The molecule has 1 unspecified atom stereocenters. The van der Waals surface area contributed by atoms with Gasteiger partial charge in [-0.15, -0.1) is 0 Å². The first-order valence-corrected chi connectivity index (χ1v) is 12.1. The van der Waals surface area contributed by atoms with Crippen molar-refractivity contribution in [3.05, 3.63) is 77.6 Å². The number of hydrogen-bond donors (Lipinski definition) is 3. The van der Waals surface area contributed by atoms with Crippen molar-refractivity contribution in [3.8, 4) is 0 Å². The molecule has 1 atom stereocenters. The average molecular weight is 488 g/mol. The first-order chi connectivity index (χ1) is 17.5. The SMILES string of the molecule is O=C1c2ccc3c4c(ccc(c24)C(=O)N1CCCN1C=CNC1)C(O)[N+](CCCn1ccnc1)=C3O. The fraction of sp³-hybridized carbons (Fsp3) is 0.308. The molecule has 10 heteroatoms. The molecule has 3 aliphatic heterocycles. The van der Waals surface area contributed by atoms with Crippen LogP contribution in [-0.2, 0) is 6.54 Å². The minimum Gasteiger partial charge on any atom is -0.460 e. The second kappa shape index (κ2) is 8.80. The summed E-state index contributed by atoms with van der Waals surface area (Å²) in [6.45, 7) is 2.88. The predicted molar refractivity (Wildman–Crippen MR) is 131 cm³/mol. The third kappa shape index (κ3) is 3.53. The summed E-state index contributed by atoms with van der Waals surface area (Å²) in [4.78, 5) is 34.2. The van der Waals surface area contributed by atoms with Crippen molar-refractivity contribution in [3.63, 3.8) is 0 Å². The summed E-state index contributed by atoms with van der Waals surface area (Å²) >= 11 is 0. The largest absolute Gasteiger partial charge is 0.460 e. The molecule has 0 fully saturated rings. The monoisotopic (exact) mass is 487 g/mol. The van der Waals surface area contributed by atoms with E-state index >= 15 is 0 Å². The van der Waals surface area contributed by atoms with Crippen LogP contribution in [0, 0.1) is 0 Å². The normalized spacial score (nSPS) is 18.5. The summed E-state index contributed by atoms with van der Waals surface area (Å²) in [5.41, 5.74) is 1.93. The molecule has 1 aromatic heterocycles. The van der Waals surface area contributed by atoms with Crippen molar-refractivity contribution >= 4 is 28.5 Å². The smallest absolute Gasteiger partial charge is 0.370 e. The number of nitrogens with zero attached hydrogens (tertiary/aromatic N) is 5. The summed E-state index contributed by atoms with van der Waals surface area (Å²) in [5.74, 6) is -0.745. The van der Waals surface area contributed by atoms with E-state index in [1.807, 2.05) is 23.2 Å². The Morgan fingerprint density at radius 1 is 1.00 bits per heavy atom. The molecule has 0 saturated carbocycles. The second-order valence-corrected chi connectivity index (χ2v) is 9.26. The zero-order valence-electron chi connectivity index (χ0n) is 19.7. The van der Waals surface area contributed by atoms with Gasteiger partial charge in [-0.25, -0.2) is 4.98 Å². The van der Waals surface area contributed by atoms with E-state index < -0.39 is 6.23 Å². The van der Waals surface area contributed by atoms with Crippen LogP contribution in [-0.4, -0.2) is 78.2 Å². The average Bonchev–Trinajstić information content (AvgIpc) is 3.60. The molecule has 4 heterocycles. The molecule has 10 nitrogen and oxygen atoms in total. The third-order valence-electron chi connectivity index (χ3n) is 7.13. The van der Waals surface area contributed by atoms with Gasteiger partial charge in [-0.2, -0.15) is 4.58 Å². The van der Waals surface area contributed by atoms with Gasteiger partial charge in [-0.1, -0.05) is 0 Å². The molecule has 0 aliphatic carbocycles. The number of hydrogen-bond acceptors (Lipinski definition) is 6. The molecule has 36 heavy (non-hydrogen) atoms. The Morgan fingerprint density at radius 3 is 2.50 bits per heavy atom. The van der Waals surface area contributed by atoms with E-state index in [2.05, 4.69) is 15.2 Å². The lowest BCUT2D eigenvalue weighted by atomic mass is 9.86. The van der Waals surface area contributed by atoms with Crippen molar-refractivity contribution in [2.45, 2.75) is 25.6 Å². The lowest BCUT2D eigenvalue weighted by molar-refractivity contribution is -0.623. The van der Waals surface area contributed by atoms with Crippen LogP contribution in [0.15, 0.2) is 55.4 Å². The van der Waals surface area contributed by atoms with Crippen LogP contribution >= 0.6 is 0 Å². The number of aromatic nitrogens is 2. The van der Waals surface area contributed by atoms with E-state index in [1.54, 1.807) is 41.4 Å². The van der Waals surface area contributed by atoms with Crippen LogP contribution in [0.3, 0.4) is 0 Å². The van der Waals surface area contributed by atoms with Gasteiger partial charge in [0.2, 0.25) is 0 Å². The fourth-order valence-corrected chi connectivity index (χ4v) is 5.34. The Morgan fingerprint density at radius 2 is 1.78 bits per heavy atom. The number of rotatable bonds is 8. The highest BCUT2D eigenvalue weighted by molar-refractivity contribution is 6.27. The number of aliphatic hydroxyl groups excluding tert-OH is 2. The van der Waals surface area contributed by atoms with Crippen molar-refractivity contribution < 1.29 is 24.4 Å². The number of carbonyl (C=O) groups is 2. The number of imidazole rings is 1. The molecule has 0 bridgehead atoms. The van der Waals surface area contributed by atoms with Crippen LogP contribution in [0.25, 0.3) is 10.8 Å².